The van der Waals surface area contributed by atoms with Crippen LogP contribution in [0.3, 0.4) is 0 Å². The number of carbonyl (C=O) groups excluding carboxylic acids is 2. The zero-order valence-electron chi connectivity index (χ0n) is 28.6. The largest absolute Gasteiger partial charge is 0.365 e. The molecular formula is C34H38F2N12O2S2. The maximum atomic E-state index is 14.3. The molecule has 14 nitrogen and oxygen atoms in total. The molecule has 0 saturated carbocycles. The van der Waals surface area contributed by atoms with Gasteiger partial charge in [-0.1, -0.05) is 0 Å². The van der Waals surface area contributed by atoms with E-state index in [9.17, 15) is 18.4 Å². The smallest absolute Gasteiger partial charge is 0.252 e. The normalized spacial score (nSPS) is 13.4. The SMILES string of the molecule is C[C@H](N)[C@@H](C)Nc1nc(Nc2ccc3scnc3c2)c(C(N)=O)cc1F.C[C@H](Nc1nc(Nc2ccc3scnc3c2)c(C(N)=O)cc1F)[C@@H](C)N. The van der Waals surface area contributed by atoms with Gasteiger partial charge in [0.15, 0.2) is 23.3 Å². The van der Waals surface area contributed by atoms with E-state index in [0.29, 0.717) is 11.4 Å². The number of primary amides is 2. The molecule has 0 aliphatic heterocycles. The first kappa shape index (κ1) is 37.7. The van der Waals surface area contributed by atoms with Gasteiger partial charge in [0.2, 0.25) is 0 Å². The molecule has 272 valence electrons. The summed E-state index contributed by atoms with van der Waals surface area (Å²) in [5.41, 5.74) is 28.7. The molecule has 0 radical (unpaired) electrons. The predicted molar refractivity (Wildman–Crippen MR) is 205 cm³/mol. The minimum Gasteiger partial charge on any atom is -0.365 e. The molecule has 0 saturated heterocycles. The molecule has 0 unspecified atom stereocenters. The van der Waals surface area contributed by atoms with Gasteiger partial charge in [0.1, 0.15) is 11.6 Å². The van der Waals surface area contributed by atoms with Crippen molar-refractivity contribution in [1.29, 1.82) is 0 Å². The summed E-state index contributed by atoms with van der Waals surface area (Å²) in [5.74, 6) is -2.59. The predicted octanol–water partition coefficient (Wildman–Crippen LogP) is 5.64. The lowest BCUT2D eigenvalue weighted by Crippen LogP contribution is -2.35. The number of hydrogen-bond acceptors (Lipinski definition) is 14. The lowest BCUT2D eigenvalue weighted by atomic mass is 10.1. The van der Waals surface area contributed by atoms with Crippen molar-refractivity contribution in [3.8, 4) is 0 Å². The van der Waals surface area contributed by atoms with Crippen molar-refractivity contribution in [2.75, 3.05) is 21.3 Å². The molecule has 18 heteroatoms. The summed E-state index contributed by atoms with van der Waals surface area (Å²) in [6.07, 6.45) is 0. The lowest BCUT2D eigenvalue weighted by molar-refractivity contribution is 0.0992. The summed E-state index contributed by atoms with van der Waals surface area (Å²) < 4.78 is 30.7. The number of halogens is 2. The number of nitrogens with zero attached hydrogens (tertiary/aromatic N) is 4. The van der Waals surface area contributed by atoms with Gasteiger partial charge in [-0.2, -0.15) is 0 Å². The summed E-state index contributed by atoms with van der Waals surface area (Å²) in [5, 5.41) is 11.9. The molecular weight excluding hydrogens is 711 g/mol. The molecule has 6 aromatic rings. The number of nitrogens with two attached hydrogens (primary N) is 4. The van der Waals surface area contributed by atoms with E-state index in [1.807, 2.05) is 50.2 Å². The Bertz CT molecular complexity index is 2070. The summed E-state index contributed by atoms with van der Waals surface area (Å²) in [4.78, 5) is 40.3. The maximum Gasteiger partial charge on any atom is 0.252 e. The molecule has 4 heterocycles. The Kier molecular flexibility index (Phi) is 11.7. The topological polar surface area (TPSA) is 238 Å². The number of hydrogen-bond donors (Lipinski definition) is 8. The van der Waals surface area contributed by atoms with Crippen LogP contribution in [0.2, 0.25) is 0 Å². The number of aromatic nitrogens is 4. The van der Waals surface area contributed by atoms with Crippen molar-refractivity contribution in [2.24, 2.45) is 22.9 Å². The number of benzene rings is 2. The number of anilines is 6. The van der Waals surface area contributed by atoms with Crippen LogP contribution in [-0.4, -0.2) is 55.9 Å². The average molecular weight is 749 g/mol. The maximum absolute atomic E-state index is 14.3. The number of thiazole rings is 2. The highest BCUT2D eigenvalue weighted by Crippen LogP contribution is 2.29. The van der Waals surface area contributed by atoms with Gasteiger partial charge >= 0.3 is 0 Å². The van der Waals surface area contributed by atoms with Crippen LogP contribution in [0.1, 0.15) is 48.4 Å². The molecule has 0 aliphatic rings. The van der Waals surface area contributed by atoms with Crippen LogP contribution in [0.5, 0.6) is 0 Å². The van der Waals surface area contributed by atoms with E-state index in [0.717, 1.165) is 32.6 Å². The fourth-order valence-electron chi connectivity index (χ4n) is 4.59. The molecule has 0 fully saturated rings. The summed E-state index contributed by atoms with van der Waals surface area (Å²) in [6.45, 7) is 7.24. The van der Waals surface area contributed by atoms with Crippen LogP contribution >= 0.6 is 22.7 Å². The number of amides is 2. The molecule has 0 spiro atoms. The van der Waals surface area contributed by atoms with Crippen molar-refractivity contribution in [1.82, 2.24) is 19.9 Å². The van der Waals surface area contributed by atoms with E-state index in [4.69, 9.17) is 22.9 Å². The van der Waals surface area contributed by atoms with E-state index in [-0.39, 0.29) is 58.6 Å². The van der Waals surface area contributed by atoms with Crippen molar-refractivity contribution in [3.63, 3.8) is 0 Å². The van der Waals surface area contributed by atoms with Gasteiger partial charge in [-0.3, -0.25) is 9.59 Å². The highest BCUT2D eigenvalue weighted by Gasteiger charge is 2.20. The fraction of sp³-hybridized carbons (Fsp3) is 0.235. The highest BCUT2D eigenvalue weighted by molar-refractivity contribution is 7.17. The second-order valence-electron chi connectivity index (χ2n) is 12.1. The molecule has 6 rings (SSSR count). The number of pyridine rings is 2. The number of nitrogens with one attached hydrogen (secondary N) is 4. The Morgan fingerprint density at radius 3 is 1.37 bits per heavy atom. The van der Waals surface area contributed by atoms with E-state index < -0.39 is 23.4 Å². The molecule has 4 atom stereocenters. The minimum absolute atomic E-state index is 0.00274. The Balaban J connectivity index is 0.000000201. The second kappa shape index (κ2) is 16.2. The van der Waals surface area contributed by atoms with Gasteiger partial charge in [-0.25, -0.2) is 28.7 Å². The Morgan fingerprint density at radius 1 is 0.635 bits per heavy atom. The highest BCUT2D eigenvalue weighted by atomic mass is 32.1. The zero-order chi connectivity index (χ0) is 37.7. The van der Waals surface area contributed by atoms with E-state index in [1.54, 1.807) is 24.9 Å². The molecule has 0 bridgehead atoms. The third-order valence-corrected chi connectivity index (χ3v) is 9.60. The van der Waals surface area contributed by atoms with Gasteiger partial charge in [-0.15, -0.1) is 22.7 Å². The van der Waals surface area contributed by atoms with Gasteiger partial charge in [0.05, 0.1) is 42.6 Å². The van der Waals surface area contributed by atoms with Crippen molar-refractivity contribution in [2.45, 2.75) is 51.9 Å². The van der Waals surface area contributed by atoms with Gasteiger partial charge in [0, 0.05) is 35.5 Å². The van der Waals surface area contributed by atoms with E-state index in [2.05, 4.69) is 41.2 Å². The third-order valence-electron chi connectivity index (χ3n) is 7.98. The minimum atomic E-state index is -0.777. The van der Waals surface area contributed by atoms with Crippen LogP contribution < -0.4 is 44.2 Å². The fourth-order valence-corrected chi connectivity index (χ4v) is 5.90. The monoisotopic (exact) mass is 748 g/mol. The molecule has 0 aliphatic carbocycles. The molecule has 2 amide bonds. The van der Waals surface area contributed by atoms with Crippen LogP contribution in [0.25, 0.3) is 20.4 Å². The van der Waals surface area contributed by atoms with Crippen molar-refractivity contribution in [3.05, 3.63) is 82.3 Å². The van der Waals surface area contributed by atoms with Crippen LogP contribution in [-0.2, 0) is 0 Å². The van der Waals surface area contributed by atoms with Crippen LogP contribution in [0, 0.1) is 11.6 Å². The molecule has 2 aromatic carbocycles. The Labute approximate surface area is 305 Å². The standard InChI is InChI=1S/2C17H19FN6OS/c2*1-8(19)9(2)22-17-12(18)6-11(15(20)25)16(24-17)23-10-3-4-14-13(5-10)21-7-26-14/h2*3-9H,19H2,1-2H3,(H2,20,25)(H2,22,23,24)/t2*8-,9+/m10/s1. The third kappa shape index (κ3) is 9.02. The first-order valence-electron chi connectivity index (χ1n) is 16.0. The van der Waals surface area contributed by atoms with Crippen molar-refractivity contribution >= 4 is 89.6 Å². The Morgan fingerprint density at radius 2 is 1.02 bits per heavy atom. The van der Waals surface area contributed by atoms with E-state index >= 15 is 0 Å². The zero-order valence-corrected chi connectivity index (χ0v) is 30.2. The first-order valence-corrected chi connectivity index (χ1v) is 17.7. The van der Waals surface area contributed by atoms with Crippen molar-refractivity contribution < 1.29 is 18.4 Å². The first-order chi connectivity index (χ1) is 24.7. The van der Waals surface area contributed by atoms with Crippen LogP contribution in [0.15, 0.2) is 59.6 Å². The number of fused-ring (bicyclic) bond motifs is 2. The summed E-state index contributed by atoms with van der Waals surface area (Å²) >= 11 is 3.05. The van der Waals surface area contributed by atoms with Gasteiger partial charge < -0.3 is 44.2 Å². The van der Waals surface area contributed by atoms with Crippen LogP contribution in [0.4, 0.5) is 43.4 Å². The molecule has 4 aromatic heterocycles. The van der Waals surface area contributed by atoms with Gasteiger partial charge in [0.25, 0.3) is 11.8 Å². The lowest BCUT2D eigenvalue weighted by Gasteiger charge is -2.20. The van der Waals surface area contributed by atoms with E-state index in [1.165, 1.54) is 22.7 Å². The Hall–Kier alpha value is -5.56. The molecule has 12 N–H and O–H groups in total. The summed E-state index contributed by atoms with van der Waals surface area (Å²) in [6, 6.07) is 12.4. The molecule has 52 heavy (non-hydrogen) atoms. The number of carbonyl (C=O) groups is 2. The summed E-state index contributed by atoms with van der Waals surface area (Å²) in [7, 11) is 0. The second-order valence-corrected chi connectivity index (χ2v) is 13.8. The average Bonchev–Trinajstić information content (AvgIpc) is 3.76. The van der Waals surface area contributed by atoms with Gasteiger partial charge in [-0.05, 0) is 76.2 Å². The quantitative estimate of drug-likeness (QED) is 0.0759. The number of rotatable bonds is 12.